The summed E-state index contributed by atoms with van der Waals surface area (Å²) < 4.78 is 29.6. The molecule has 1 rings (SSSR count). The summed E-state index contributed by atoms with van der Waals surface area (Å²) in [4.78, 5) is 2.48. The molecular weight excluding hydrogens is 180 g/mol. The van der Waals surface area contributed by atoms with Crippen LogP contribution in [0.5, 0.6) is 0 Å². The molecule has 0 aromatic heterocycles. The SMILES string of the molecule is N#[N+]c1cccc(S(=O)(=O)O)c1. The predicted molar refractivity (Wildman–Crippen MR) is 41.0 cm³/mol. The third-order valence-electron chi connectivity index (χ3n) is 1.23. The van der Waals surface area contributed by atoms with Gasteiger partial charge in [-0.25, -0.2) is 0 Å². The van der Waals surface area contributed by atoms with E-state index in [2.05, 4.69) is 4.98 Å². The monoisotopic (exact) mass is 185 g/mol. The average molecular weight is 185 g/mol. The van der Waals surface area contributed by atoms with E-state index in [1.165, 1.54) is 18.2 Å². The van der Waals surface area contributed by atoms with Crippen molar-refractivity contribution in [3.63, 3.8) is 0 Å². The lowest BCUT2D eigenvalue weighted by molar-refractivity contribution is 0.483. The van der Waals surface area contributed by atoms with Crippen molar-refractivity contribution < 1.29 is 13.0 Å². The van der Waals surface area contributed by atoms with E-state index in [1.807, 2.05) is 0 Å². The number of hydrogen-bond acceptors (Lipinski definition) is 3. The Balaban J connectivity index is 3.32. The Morgan fingerprint density at radius 1 is 1.42 bits per heavy atom. The van der Waals surface area contributed by atoms with Crippen molar-refractivity contribution in [1.29, 1.82) is 5.39 Å². The van der Waals surface area contributed by atoms with Crippen LogP contribution in [0, 0.1) is 5.39 Å². The van der Waals surface area contributed by atoms with Crippen molar-refractivity contribution >= 4 is 15.8 Å². The highest BCUT2D eigenvalue weighted by Crippen LogP contribution is 2.16. The molecule has 0 aliphatic rings. The van der Waals surface area contributed by atoms with Crippen LogP contribution in [0.2, 0.25) is 0 Å². The quantitative estimate of drug-likeness (QED) is 0.529. The van der Waals surface area contributed by atoms with Crippen LogP contribution in [0.1, 0.15) is 0 Å². The number of hydrogen-bond donors (Lipinski definition) is 1. The first-order valence-corrected chi connectivity index (χ1v) is 4.41. The fourth-order valence-electron chi connectivity index (χ4n) is 0.706. The summed E-state index contributed by atoms with van der Waals surface area (Å²) in [5.74, 6) is 0. The first-order valence-electron chi connectivity index (χ1n) is 2.97. The van der Waals surface area contributed by atoms with E-state index in [-0.39, 0.29) is 10.6 Å². The van der Waals surface area contributed by atoms with E-state index in [4.69, 9.17) is 9.95 Å². The van der Waals surface area contributed by atoms with Gasteiger partial charge in [0, 0.05) is 6.07 Å². The van der Waals surface area contributed by atoms with Crippen molar-refractivity contribution in [3.05, 3.63) is 29.2 Å². The average Bonchev–Trinajstić information content (AvgIpc) is 2.03. The Morgan fingerprint density at radius 3 is 2.58 bits per heavy atom. The Kier molecular flexibility index (Phi) is 2.08. The molecule has 5 nitrogen and oxygen atoms in total. The van der Waals surface area contributed by atoms with Crippen molar-refractivity contribution in [2.75, 3.05) is 0 Å². The van der Waals surface area contributed by atoms with Crippen LogP contribution in [-0.2, 0) is 10.1 Å². The highest BCUT2D eigenvalue weighted by atomic mass is 32.2. The lowest BCUT2D eigenvalue weighted by Crippen LogP contribution is -1.96. The molecule has 6 heteroatoms. The van der Waals surface area contributed by atoms with Gasteiger partial charge in [-0.2, -0.15) is 8.42 Å². The molecule has 0 radical (unpaired) electrons. The van der Waals surface area contributed by atoms with Crippen LogP contribution in [0.25, 0.3) is 4.98 Å². The van der Waals surface area contributed by atoms with Crippen molar-refractivity contribution in [3.8, 4) is 0 Å². The molecule has 0 unspecified atom stereocenters. The Labute approximate surface area is 69.0 Å². The molecule has 0 aliphatic carbocycles. The molecule has 0 amide bonds. The largest absolute Gasteiger partial charge is 0.386 e. The zero-order valence-corrected chi connectivity index (χ0v) is 6.69. The molecule has 0 saturated heterocycles. The van der Waals surface area contributed by atoms with Crippen LogP contribution in [0.3, 0.4) is 0 Å². The Bertz CT molecular complexity index is 432. The zero-order chi connectivity index (χ0) is 9.19. The number of diazo groups is 1. The molecule has 1 aromatic carbocycles. The van der Waals surface area contributed by atoms with E-state index in [1.54, 1.807) is 0 Å². The van der Waals surface area contributed by atoms with Gasteiger partial charge in [-0.05, 0) is 6.07 Å². The highest BCUT2D eigenvalue weighted by Gasteiger charge is 2.13. The van der Waals surface area contributed by atoms with E-state index >= 15 is 0 Å². The predicted octanol–water partition coefficient (Wildman–Crippen LogP) is 1.42. The van der Waals surface area contributed by atoms with Gasteiger partial charge in [0.05, 0.1) is 6.07 Å². The summed E-state index contributed by atoms with van der Waals surface area (Å²) in [6.07, 6.45) is 0. The van der Waals surface area contributed by atoms with Gasteiger partial charge >= 0.3 is 5.69 Å². The van der Waals surface area contributed by atoms with E-state index < -0.39 is 10.1 Å². The lowest BCUT2D eigenvalue weighted by Gasteiger charge is -1.91. The minimum absolute atomic E-state index is 0.0742. The molecule has 0 spiro atoms. The van der Waals surface area contributed by atoms with Crippen LogP contribution in [0.15, 0.2) is 29.2 Å². The first kappa shape index (κ1) is 8.64. The second kappa shape index (κ2) is 2.89. The topological polar surface area (TPSA) is 82.5 Å². The number of rotatable bonds is 1. The molecule has 62 valence electrons. The fraction of sp³-hybridized carbons (Fsp3) is 0. The minimum atomic E-state index is -4.21. The molecule has 12 heavy (non-hydrogen) atoms. The standard InChI is InChI=1S/C6H4N2O3S/c7-8-5-2-1-3-6(4-5)12(9,10)11/h1-4H/p+1. The lowest BCUT2D eigenvalue weighted by atomic mass is 10.3. The third kappa shape index (κ3) is 1.78. The van der Waals surface area contributed by atoms with Gasteiger partial charge in [0.2, 0.25) is 5.39 Å². The molecule has 1 N–H and O–H groups in total. The number of nitrogens with zero attached hydrogens (tertiary/aromatic N) is 2. The van der Waals surface area contributed by atoms with E-state index in [9.17, 15) is 8.42 Å². The van der Waals surface area contributed by atoms with Gasteiger partial charge in [-0.1, -0.05) is 6.07 Å². The Hall–Kier alpha value is -1.45. The van der Waals surface area contributed by atoms with Crippen LogP contribution >= 0.6 is 0 Å². The van der Waals surface area contributed by atoms with Gasteiger partial charge in [0.25, 0.3) is 10.1 Å². The summed E-state index contributed by atoms with van der Waals surface area (Å²) in [6, 6.07) is 5.01. The van der Waals surface area contributed by atoms with Crippen LogP contribution in [0.4, 0.5) is 5.69 Å². The summed E-state index contributed by atoms with van der Waals surface area (Å²) in [5, 5.41) is 8.28. The fourth-order valence-corrected chi connectivity index (χ4v) is 1.23. The van der Waals surface area contributed by atoms with Gasteiger partial charge < -0.3 is 0 Å². The Morgan fingerprint density at radius 2 is 2.08 bits per heavy atom. The summed E-state index contributed by atoms with van der Waals surface area (Å²) in [5.41, 5.74) is 0.0742. The summed E-state index contributed by atoms with van der Waals surface area (Å²) in [6.45, 7) is 0. The summed E-state index contributed by atoms with van der Waals surface area (Å²) in [7, 11) is -4.21. The first-order chi connectivity index (χ1) is 5.54. The second-order valence-electron chi connectivity index (χ2n) is 2.07. The van der Waals surface area contributed by atoms with E-state index in [0.29, 0.717) is 0 Å². The maximum Gasteiger partial charge on any atom is 0.386 e. The smallest absolute Gasteiger partial charge is 0.282 e. The molecule has 0 atom stereocenters. The maximum absolute atomic E-state index is 10.5. The van der Waals surface area contributed by atoms with Crippen molar-refractivity contribution in [2.45, 2.75) is 4.90 Å². The summed E-state index contributed by atoms with van der Waals surface area (Å²) >= 11 is 0. The second-order valence-corrected chi connectivity index (χ2v) is 3.49. The van der Waals surface area contributed by atoms with Gasteiger partial charge in [-0.15, -0.1) is 0 Å². The van der Waals surface area contributed by atoms with Crippen LogP contribution < -0.4 is 0 Å². The number of benzene rings is 1. The van der Waals surface area contributed by atoms with E-state index in [0.717, 1.165) is 6.07 Å². The zero-order valence-electron chi connectivity index (χ0n) is 5.88. The van der Waals surface area contributed by atoms with Crippen molar-refractivity contribution in [1.82, 2.24) is 0 Å². The molecule has 0 aliphatic heterocycles. The van der Waals surface area contributed by atoms with Crippen LogP contribution in [-0.4, -0.2) is 13.0 Å². The molecule has 1 aromatic rings. The molecule has 0 saturated carbocycles. The van der Waals surface area contributed by atoms with Gasteiger partial charge in [0.15, 0.2) is 4.98 Å². The molecule has 0 fully saturated rings. The van der Waals surface area contributed by atoms with Crippen molar-refractivity contribution in [2.24, 2.45) is 0 Å². The third-order valence-corrected chi connectivity index (χ3v) is 2.08. The molecule has 0 bridgehead atoms. The van der Waals surface area contributed by atoms with Gasteiger partial charge in [-0.3, -0.25) is 4.55 Å². The van der Waals surface area contributed by atoms with Gasteiger partial charge in [0.1, 0.15) is 4.90 Å². The molecule has 0 heterocycles. The normalized spacial score (nSPS) is 10.7. The highest BCUT2D eigenvalue weighted by molar-refractivity contribution is 7.85. The maximum atomic E-state index is 10.5. The molecular formula is C6H5N2O3S+. The minimum Gasteiger partial charge on any atom is -0.282 e.